The maximum Gasteiger partial charge on any atom is 0.0833 e. The van der Waals surface area contributed by atoms with Gasteiger partial charge >= 0.3 is 0 Å². The first-order chi connectivity index (χ1) is 9.13. The number of benzene rings is 1. The van der Waals surface area contributed by atoms with E-state index in [2.05, 4.69) is 62.4 Å². The molecule has 0 bridgehead atoms. The Hall–Kier alpha value is -1.64. The van der Waals surface area contributed by atoms with Crippen LogP contribution in [0, 0.1) is 13.8 Å². The van der Waals surface area contributed by atoms with Crippen molar-refractivity contribution in [3.05, 3.63) is 46.8 Å². The summed E-state index contributed by atoms with van der Waals surface area (Å²) in [5, 5.41) is 8.38. The van der Waals surface area contributed by atoms with Gasteiger partial charge in [-0.2, -0.15) is 0 Å². The summed E-state index contributed by atoms with van der Waals surface area (Å²) in [6.45, 7) is 9.56. The molecule has 102 valence electrons. The third-order valence-corrected chi connectivity index (χ3v) is 3.72. The number of nitrogens with zero attached hydrogens (tertiary/aromatic N) is 3. The van der Waals surface area contributed by atoms with E-state index < -0.39 is 0 Å². The summed E-state index contributed by atoms with van der Waals surface area (Å²) >= 11 is 0. The van der Waals surface area contributed by atoms with Crippen LogP contribution in [-0.4, -0.2) is 15.0 Å². The second kappa shape index (κ2) is 6.00. The molecular formula is C16H23N3. The van der Waals surface area contributed by atoms with Crippen molar-refractivity contribution < 1.29 is 0 Å². The van der Waals surface area contributed by atoms with Crippen molar-refractivity contribution in [2.24, 2.45) is 0 Å². The van der Waals surface area contributed by atoms with E-state index >= 15 is 0 Å². The van der Waals surface area contributed by atoms with Crippen LogP contribution in [0.4, 0.5) is 0 Å². The van der Waals surface area contributed by atoms with Crippen molar-refractivity contribution in [2.75, 3.05) is 0 Å². The number of hydrogen-bond donors (Lipinski definition) is 0. The molecule has 0 saturated carbocycles. The van der Waals surface area contributed by atoms with Crippen LogP contribution in [0.15, 0.2) is 24.4 Å². The van der Waals surface area contributed by atoms with Gasteiger partial charge < -0.3 is 0 Å². The van der Waals surface area contributed by atoms with E-state index in [0.29, 0.717) is 5.92 Å². The van der Waals surface area contributed by atoms with Gasteiger partial charge in [0, 0.05) is 12.7 Å². The highest BCUT2D eigenvalue weighted by Crippen LogP contribution is 2.26. The summed E-state index contributed by atoms with van der Waals surface area (Å²) in [4.78, 5) is 0. The predicted molar refractivity (Wildman–Crippen MR) is 78.3 cm³/mol. The SMILES string of the molecule is CCC(Cc1cn(CC)nn1)c1ccc(C)cc1C. The normalized spacial score (nSPS) is 12.6. The Kier molecular flexibility index (Phi) is 4.35. The van der Waals surface area contributed by atoms with E-state index in [1.54, 1.807) is 0 Å². The van der Waals surface area contributed by atoms with E-state index in [0.717, 1.165) is 25.1 Å². The van der Waals surface area contributed by atoms with Crippen LogP contribution in [0.2, 0.25) is 0 Å². The largest absolute Gasteiger partial charge is 0.253 e. The molecule has 3 nitrogen and oxygen atoms in total. The lowest BCUT2D eigenvalue weighted by atomic mass is 9.88. The molecule has 0 amide bonds. The van der Waals surface area contributed by atoms with Gasteiger partial charge in [-0.25, -0.2) is 0 Å². The van der Waals surface area contributed by atoms with Gasteiger partial charge in [-0.3, -0.25) is 4.68 Å². The van der Waals surface area contributed by atoms with Crippen molar-refractivity contribution in [1.82, 2.24) is 15.0 Å². The van der Waals surface area contributed by atoms with Gasteiger partial charge in [0.15, 0.2) is 0 Å². The molecule has 0 radical (unpaired) electrons. The monoisotopic (exact) mass is 257 g/mol. The van der Waals surface area contributed by atoms with Crippen molar-refractivity contribution in [3.63, 3.8) is 0 Å². The van der Waals surface area contributed by atoms with Crippen LogP contribution in [0.3, 0.4) is 0 Å². The van der Waals surface area contributed by atoms with Crippen LogP contribution < -0.4 is 0 Å². The zero-order valence-electron chi connectivity index (χ0n) is 12.3. The van der Waals surface area contributed by atoms with E-state index in [9.17, 15) is 0 Å². The standard InChI is InChI=1S/C16H23N3/c1-5-14(10-15-11-19(6-2)18-17-15)16-8-7-12(3)9-13(16)4/h7-9,11,14H,5-6,10H2,1-4H3. The lowest BCUT2D eigenvalue weighted by Crippen LogP contribution is -2.04. The molecule has 1 atom stereocenters. The number of hydrogen-bond acceptors (Lipinski definition) is 2. The fourth-order valence-corrected chi connectivity index (χ4v) is 2.60. The fourth-order valence-electron chi connectivity index (χ4n) is 2.60. The zero-order valence-corrected chi connectivity index (χ0v) is 12.3. The lowest BCUT2D eigenvalue weighted by Gasteiger charge is -2.17. The summed E-state index contributed by atoms with van der Waals surface area (Å²) in [6.07, 6.45) is 4.16. The van der Waals surface area contributed by atoms with Crippen molar-refractivity contribution in [1.29, 1.82) is 0 Å². The molecule has 1 unspecified atom stereocenters. The first kappa shape index (κ1) is 13.8. The molecule has 3 heteroatoms. The zero-order chi connectivity index (χ0) is 13.8. The summed E-state index contributed by atoms with van der Waals surface area (Å²) < 4.78 is 1.89. The molecule has 2 aromatic rings. The molecule has 0 aliphatic rings. The molecule has 0 N–H and O–H groups in total. The van der Waals surface area contributed by atoms with Crippen LogP contribution in [0.5, 0.6) is 0 Å². The number of aromatic nitrogens is 3. The van der Waals surface area contributed by atoms with Gasteiger partial charge in [0.25, 0.3) is 0 Å². The van der Waals surface area contributed by atoms with Crippen molar-refractivity contribution in [2.45, 2.75) is 53.0 Å². The Balaban J connectivity index is 2.19. The van der Waals surface area contributed by atoms with Crippen LogP contribution in [-0.2, 0) is 13.0 Å². The summed E-state index contributed by atoms with van der Waals surface area (Å²) in [6, 6.07) is 6.73. The summed E-state index contributed by atoms with van der Waals surface area (Å²) in [7, 11) is 0. The highest BCUT2D eigenvalue weighted by molar-refractivity contribution is 5.33. The smallest absolute Gasteiger partial charge is 0.0833 e. The molecule has 2 rings (SSSR count). The average Bonchev–Trinajstić information content (AvgIpc) is 2.84. The molecule has 1 aromatic carbocycles. The van der Waals surface area contributed by atoms with Gasteiger partial charge in [0.2, 0.25) is 0 Å². The Morgan fingerprint density at radius 3 is 2.58 bits per heavy atom. The number of aryl methyl sites for hydroxylation is 3. The Morgan fingerprint density at radius 1 is 1.21 bits per heavy atom. The van der Waals surface area contributed by atoms with Gasteiger partial charge in [0.1, 0.15) is 0 Å². The summed E-state index contributed by atoms with van der Waals surface area (Å²) in [5.41, 5.74) is 5.25. The third-order valence-electron chi connectivity index (χ3n) is 3.72. The fraction of sp³-hybridized carbons (Fsp3) is 0.500. The minimum absolute atomic E-state index is 0.530. The predicted octanol–water partition coefficient (Wildman–Crippen LogP) is 3.65. The van der Waals surface area contributed by atoms with E-state index in [1.807, 2.05) is 4.68 Å². The highest BCUT2D eigenvalue weighted by Gasteiger charge is 2.14. The second-order valence-electron chi connectivity index (χ2n) is 5.23. The quantitative estimate of drug-likeness (QED) is 0.818. The molecule has 1 heterocycles. The maximum absolute atomic E-state index is 4.26. The molecule has 0 aliphatic carbocycles. The third kappa shape index (κ3) is 3.22. The Labute approximate surface area is 115 Å². The van der Waals surface area contributed by atoms with Gasteiger partial charge in [-0.1, -0.05) is 35.9 Å². The van der Waals surface area contributed by atoms with Crippen LogP contribution >= 0.6 is 0 Å². The maximum atomic E-state index is 4.26. The minimum Gasteiger partial charge on any atom is -0.253 e. The molecule has 0 saturated heterocycles. The lowest BCUT2D eigenvalue weighted by molar-refractivity contribution is 0.624. The number of rotatable bonds is 5. The first-order valence-corrected chi connectivity index (χ1v) is 7.10. The van der Waals surface area contributed by atoms with Crippen LogP contribution in [0.1, 0.15) is 48.6 Å². The van der Waals surface area contributed by atoms with E-state index in [4.69, 9.17) is 0 Å². The molecule has 1 aromatic heterocycles. The highest BCUT2D eigenvalue weighted by atomic mass is 15.4. The Bertz CT molecular complexity index is 543. The first-order valence-electron chi connectivity index (χ1n) is 7.10. The molecular weight excluding hydrogens is 234 g/mol. The topological polar surface area (TPSA) is 30.7 Å². The van der Waals surface area contributed by atoms with Crippen molar-refractivity contribution in [3.8, 4) is 0 Å². The average molecular weight is 257 g/mol. The van der Waals surface area contributed by atoms with Gasteiger partial charge in [-0.15, -0.1) is 5.10 Å². The van der Waals surface area contributed by atoms with E-state index in [1.165, 1.54) is 16.7 Å². The Morgan fingerprint density at radius 2 is 2.00 bits per heavy atom. The minimum atomic E-state index is 0.530. The summed E-state index contributed by atoms with van der Waals surface area (Å²) in [5.74, 6) is 0.530. The van der Waals surface area contributed by atoms with Crippen molar-refractivity contribution >= 4 is 0 Å². The molecule has 0 fully saturated rings. The van der Waals surface area contributed by atoms with Crippen LogP contribution in [0.25, 0.3) is 0 Å². The molecule has 0 spiro atoms. The molecule has 0 aliphatic heterocycles. The van der Waals surface area contributed by atoms with Gasteiger partial charge in [0.05, 0.1) is 5.69 Å². The second-order valence-corrected chi connectivity index (χ2v) is 5.23. The van der Waals surface area contributed by atoms with E-state index in [-0.39, 0.29) is 0 Å². The molecule has 19 heavy (non-hydrogen) atoms. The van der Waals surface area contributed by atoms with Gasteiger partial charge in [-0.05, 0) is 50.7 Å².